The maximum absolute atomic E-state index is 13.6. The molecule has 5 rings (SSSR count). The monoisotopic (exact) mass is 587 g/mol. The van der Waals surface area contributed by atoms with E-state index in [9.17, 15) is 4.79 Å². The second-order valence-electron chi connectivity index (χ2n) is 9.00. The molecule has 7 nitrogen and oxygen atoms in total. The number of benzene rings is 3. The largest absolute Gasteiger partial charge is 0.490 e. The summed E-state index contributed by atoms with van der Waals surface area (Å²) >= 11 is 0. The van der Waals surface area contributed by atoms with Crippen molar-refractivity contribution in [3.8, 4) is 5.75 Å². The molecule has 4 aromatic rings. The molecule has 0 radical (unpaired) electrons. The van der Waals surface area contributed by atoms with E-state index in [2.05, 4.69) is 10.3 Å². The van der Waals surface area contributed by atoms with E-state index in [1.54, 1.807) is 29.4 Å². The van der Waals surface area contributed by atoms with Crippen LogP contribution in [0.25, 0.3) is 10.8 Å². The van der Waals surface area contributed by atoms with Crippen LogP contribution in [0.4, 0.5) is 5.69 Å². The first-order valence-corrected chi connectivity index (χ1v) is 12.1. The van der Waals surface area contributed by atoms with Crippen molar-refractivity contribution < 1.29 is 9.53 Å². The van der Waals surface area contributed by atoms with E-state index < -0.39 is 0 Å². The molecule has 0 unspecified atom stereocenters. The normalized spacial score (nSPS) is 12.8. The lowest BCUT2D eigenvalue weighted by molar-refractivity contribution is 0.0985. The molecule has 39 heavy (non-hydrogen) atoms. The van der Waals surface area contributed by atoms with Crippen molar-refractivity contribution in [3.63, 3.8) is 0 Å². The highest BCUT2D eigenvalue weighted by atomic mass is 35.5. The Kier molecular flexibility index (Phi) is 12.0. The fourth-order valence-electron chi connectivity index (χ4n) is 4.49. The van der Waals surface area contributed by atoms with E-state index >= 15 is 0 Å². The molecular formula is C29H32Cl3N5O2. The number of nitrogens with two attached hydrogens (primary N) is 1. The van der Waals surface area contributed by atoms with Gasteiger partial charge in [-0.15, -0.1) is 37.2 Å². The van der Waals surface area contributed by atoms with Crippen LogP contribution in [0, 0.1) is 5.41 Å². The molecule has 1 aromatic heterocycles. The predicted octanol–water partition coefficient (Wildman–Crippen LogP) is 5.76. The molecule has 0 atom stereocenters. The fourth-order valence-corrected chi connectivity index (χ4v) is 4.49. The van der Waals surface area contributed by atoms with Gasteiger partial charge in [-0.05, 0) is 90.8 Å². The van der Waals surface area contributed by atoms with Crippen LogP contribution < -0.4 is 20.7 Å². The number of amides is 1. The molecule has 1 saturated heterocycles. The Labute approximate surface area is 246 Å². The number of hydrogen-bond donors (Lipinski definition) is 3. The molecule has 10 heteroatoms. The highest BCUT2D eigenvalue weighted by molar-refractivity contribution is 6.06. The molecule has 1 amide bonds. The fraction of sp³-hybridized carbons (Fsp3) is 0.207. The molecule has 4 N–H and O–H groups in total. The van der Waals surface area contributed by atoms with Crippen molar-refractivity contribution in [2.24, 2.45) is 5.73 Å². The predicted molar refractivity (Wildman–Crippen MR) is 164 cm³/mol. The summed E-state index contributed by atoms with van der Waals surface area (Å²) in [5, 5.41) is 13.1. The maximum Gasteiger partial charge on any atom is 0.258 e. The first kappa shape index (κ1) is 31.9. The number of amidine groups is 1. The van der Waals surface area contributed by atoms with Crippen molar-refractivity contribution in [3.05, 3.63) is 102 Å². The van der Waals surface area contributed by atoms with E-state index in [1.165, 1.54) is 0 Å². The molecule has 0 spiro atoms. The lowest BCUT2D eigenvalue weighted by atomic mass is 10.0. The number of halogens is 3. The molecule has 0 saturated carbocycles. The van der Waals surface area contributed by atoms with E-state index in [4.69, 9.17) is 15.9 Å². The Morgan fingerprint density at radius 1 is 0.897 bits per heavy atom. The number of ether oxygens (including phenoxy) is 1. The molecule has 206 valence electrons. The van der Waals surface area contributed by atoms with E-state index in [-0.39, 0.29) is 55.1 Å². The summed E-state index contributed by atoms with van der Waals surface area (Å²) in [6.45, 7) is 2.32. The molecule has 1 fully saturated rings. The minimum Gasteiger partial charge on any atom is -0.490 e. The number of carbonyl (C=O) groups is 1. The second-order valence-corrected chi connectivity index (χ2v) is 9.00. The molecule has 2 heterocycles. The number of pyridine rings is 1. The number of anilines is 1. The molecule has 0 bridgehead atoms. The van der Waals surface area contributed by atoms with Gasteiger partial charge in [-0.25, -0.2) is 0 Å². The summed E-state index contributed by atoms with van der Waals surface area (Å²) in [6, 6.07) is 23.0. The molecule has 1 aliphatic heterocycles. The highest BCUT2D eigenvalue weighted by Crippen LogP contribution is 2.26. The lowest BCUT2D eigenvalue weighted by Crippen LogP contribution is -2.34. The van der Waals surface area contributed by atoms with Gasteiger partial charge in [0.1, 0.15) is 17.7 Å². The molecular weight excluding hydrogens is 557 g/mol. The summed E-state index contributed by atoms with van der Waals surface area (Å²) in [5.41, 5.74) is 8.69. The van der Waals surface area contributed by atoms with Crippen LogP contribution in [-0.4, -0.2) is 35.9 Å². The van der Waals surface area contributed by atoms with Crippen LogP contribution >= 0.6 is 37.2 Å². The minimum atomic E-state index is -0.109. The molecule has 0 aliphatic carbocycles. The number of rotatable bonds is 7. The zero-order valence-corrected chi connectivity index (χ0v) is 23.7. The van der Waals surface area contributed by atoms with Gasteiger partial charge in [0, 0.05) is 29.2 Å². The van der Waals surface area contributed by atoms with Crippen molar-refractivity contribution in [1.29, 1.82) is 5.41 Å². The Bertz CT molecular complexity index is 1380. The topological polar surface area (TPSA) is 104 Å². The Morgan fingerprint density at radius 2 is 1.56 bits per heavy atom. The second kappa shape index (κ2) is 14.7. The Morgan fingerprint density at radius 3 is 2.23 bits per heavy atom. The van der Waals surface area contributed by atoms with Gasteiger partial charge in [0.25, 0.3) is 5.91 Å². The minimum absolute atomic E-state index is 0. The van der Waals surface area contributed by atoms with Gasteiger partial charge in [0.15, 0.2) is 0 Å². The smallest absolute Gasteiger partial charge is 0.258 e. The van der Waals surface area contributed by atoms with Crippen LogP contribution in [0.15, 0.2) is 85.2 Å². The third-order valence-electron chi connectivity index (χ3n) is 6.47. The van der Waals surface area contributed by atoms with Crippen LogP contribution in [0.1, 0.15) is 34.3 Å². The number of nitrogen functional groups attached to an aromatic ring is 1. The van der Waals surface area contributed by atoms with Crippen LogP contribution in [0.2, 0.25) is 0 Å². The van der Waals surface area contributed by atoms with Gasteiger partial charge in [-0.1, -0.05) is 24.3 Å². The van der Waals surface area contributed by atoms with Crippen molar-refractivity contribution in [2.75, 3.05) is 18.0 Å². The summed E-state index contributed by atoms with van der Waals surface area (Å²) < 4.78 is 6.15. The summed E-state index contributed by atoms with van der Waals surface area (Å²) in [4.78, 5) is 19.4. The van der Waals surface area contributed by atoms with E-state index in [0.717, 1.165) is 53.7 Å². The van der Waals surface area contributed by atoms with Crippen LogP contribution in [0.5, 0.6) is 5.75 Å². The average Bonchev–Trinajstić information content (AvgIpc) is 2.92. The lowest BCUT2D eigenvalue weighted by Gasteiger charge is -2.25. The number of nitrogens with one attached hydrogen (secondary N) is 2. The first-order chi connectivity index (χ1) is 17.6. The Hall–Kier alpha value is -3.36. The van der Waals surface area contributed by atoms with Crippen LogP contribution in [-0.2, 0) is 6.54 Å². The Balaban J connectivity index is 0.00000178. The third-order valence-corrected chi connectivity index (χ3v) is 6.47. The van der Waals surface area contributed by atoms with Gasteiger partial charge in [0.2, 0.25) is 0 Å². The van der Waals surface area contributed by atoms with Gasteiger partial charge >= 0.3 is 0 Å². The maximum atomic E-state index is 13.6. The average molecular weight is 589 g/mol. The SMILES string of the molecule is Cl.Cl.Cl.N=C(N)c1ccc2ccc(CN(C(=O)c3ccncc3)c3ccc(OC4CCNCC4)cc3)cc2c1. The van der Waals surface area contributed by atoms with Crippen molar-refractivity contribution in [1.82, 2.24) is 10.3 Å². The zero-order valence-electron chi connectivity index (χ0n) is 21.2. The molecule has 3 aromatic carbocycles. The van der Waals surface area contributed by atoms with Crippen molar-refractivity contribution >= 4 is 65.4 Å². The highest BCUT2D eigenvalue weighted by Gasteiger charge is 2.20. The van der Waals surface area contributed by atoms with E-state index in [0.29, 0.717) is 17.7 Å². The number of piperidine rings is 1. The summed E-state index contributed by atoms with van der Waals surface area (Å²) in [7, 11) is 0. The quantitative estimate of drug-likeness (QED) is 0.188. The first-order valence-electron chi connectivity index (χ1n) is 12.1. The van der Waals surface area contributed by atoms with Crippen LogP contribution in [0.3, 0.4) is 0 Å². The summed E-state index contributed by atoms with van der Waals surface area (Å²) in [5.74, 6) is 0.732. The third kappa shape index (κ3) is 7.83. The van der Waals surface area contributed by atoms with Gasteiger partial charge in [-0.2, -0.15) is 0 Å². The van der Waals surface area contributed by atoms with Gasteiger partial charge < -0.3 is 20.7 Å². The summed E-state index contributed by atoms with van der Waals surface area (Å²) in [6.07, 6.45) is 5.44. The number of nitrogens with zero attached hydrogens (tertiary/aromatic N) is 2. The van der Waals surface area contributed by atoms with E-state index in [1.807, 2.05) is 60.7 Å². The standard InChI is InChI=1S/C29H29N5O2.3ClH/c30-28(31)23-4-3-21-2-1-20(17-24(21)18-23)19-34(29(35)22-9-13-32-14-10-22)25-5-7-26(8-6-25)36-27-11-15-33-16-12-27;;;/h1-10,13-14,17-18,27,33H,11-12,15-16,19H2,(H3,30,31);3*1H. The number of aromatic nitrogens is 1. The number of hydrogen-bond acceptors (Lipinski definition) is 5. The zero-order chi connectivity index (χ0) is 24.9. The number of fused-ring (bicyclic) bond motifs is 1. The van der Waals surface area contributed by atoms with Crippen molar-refractivity contribution in [2.45, 2.75) is 25.5 Å². The van der Waals surface area contributed by atoms with Gasteiger partial charge in [-0.3, -0.25) is 15.2 Å². The molecule has 1 aliphatic rings. The van der Waals surface area contributed by atoms with Gasteiger partial charge in [0.05, 0.1) is 6.54 Å². The number of carbonyl (C=O) groups excluding carboxylic acids is 1.